The minimum Gasteiger partial charge on any atom is -0.312 e. The molecule has 0 aliphatic carbocycles. The summed E-state index contributed by atoms with van der Waals surface area (Å²) < 4.78 is 30.7. The van der Waals surface area contributed by atoms with E-state index in [9.17, 15) is 13.2 Å². The Morgan fingerprint density at radius 1 is 1.17 bits per heavy atom. The predicted octanol–water partition coefficient (Wildman–Crippen LogP) is 2.35. The molecule has 1 amide bonds. The predicted molar refractivity (Wildman–Crippen MR) is 111 cm³/mol. The van der Waals surface area contributed by atoms with Gasteiger partial charge in [0.05, 0.1) is 16.6 Å². The normalized spacial score (nSPS) is 16.8. The number of carbonyl (C=O) groups excluding carboxylic acids is 1. The molecule has 1 unspecified atom stereocenters. The highest BCUT2D eigenvalue weighted by Gasteiger charge is 2.33. The monoisotopic (exact) mass is 428 g/mol. The molecule has 0 spiro atoms. The lowest BCUT2D eigenvalue weighted by Crippen LogP contribution is -2.33. The molecule has 5 rings (SSSR count). The van der Waals surface area contributed by atoms with Crippen LogP contribution in [0.25, 0.3) is 0 Å². The number of hydrogen-bond acceptors (Lipinski definition) is 5. The van der Waals surface area contributed by atoms with Crippen LogP contribution in [-0.4, -0.2) is 37.2 Å². The second kappa shape index (κ2) is 7.08. The first-order valence-corrected chi connectivity index (χ1v) is 11.9. The Labute approximate surface area is 173 Å². The van der Waals surface area contributed by atoms with Gasteiger partial charge in [-0.2, -0.15) is 5.10 Å². The Kier molecular flexibility index (Phi) is 4.53. The minimum atomic E-state index is -3.69. The van der Waals surface area contributed by atoms with Crippen LogP contribution in [0.5, 0.6) is 0 Å². The van der Waals surface area contributed by atoms with Gasteiger partial charge in [0, 0.05) is 36.8 Å². The smallest absolute Gasteiger partial charge is 0.240 e. The summed E-state index contributed by atoms with van der Waals surface area (Å²) >= 11 is 1.57. The molecule has 7 nitrogen and oxygen atoms in total. The van der Waals surface area contributed by atoms with Crippen molar-refractivity contribution < 1.29 is 13.2 Å². The fourth-order valence-corrected chi connectivity index (χ4v) is 6.08. The maximum Gasteiger partial charge on any atom is 0.240 e. The van der Waals surface area contributed by atoms with Gasteiger partial charge in [-0.1, -0.05) is 6.07 Å². The summed E-state index contributed by atoms with van der Waals surface area (Å²) in [4.78, 5) is 15.2. The summed E-state index contributed by atoms with van der Waals surface area (Å²) in [5, 5.41) is 6.27. The lowest BCUT2D eigenvalue weighted by molar-refractivity contribution is -0.118. The quantitative estimate of drug-likeness (QED) is 0.653. The summed E-state index contributed by atoms with van der Waals surface area (Å²) in [6.07, 6.45) is 5.25. The fraction of sp³-hybridized carbons (Fsp3) is 0.300. The van der Waals surface area contributed by atoms with Crippen molar-refractivity contribution in [2.45, 2.75) is 30.2 Å². The molecule has 0 saturated carbocycles. The molecule has 4 heterocycles. The van der Waals surface area contributed by atoms with Crippen molar-refractivity contribution in [3.8, 4) is 0 Å². The van der Waals surface area contributed by atoms with Crippen molar-refractivity contribution in [1.29, 1.82) is 0 Å². The van der Waals surface area contributed by atoms with Crippen LogP contribution in [0.2, 0.25) is 0 Å². The third-order valence-corrected chi connectivity index (χ3v) is 7.89. The molecule has 3 aromatic rings. The number of sulfonamides is 1. The highest BCUT2D eigenvalue weighted by Crippen LogP contribution is 2.38. The van der Waals surface area contributed by atoms with Crippen molar-refractivity contribution >= 4 is 33.0 Å². The van der Waals surface area contributed by atoms with E-state index in [1.54, 1.807) is 39.2 Å². The molecule has 0 radical (unpaired) electrons. The van der Waals surface area contributed by atoms with Crippen molar-refractivity contribution in [3.63, 3.8) is 0 Å². The topological polar surface area (TPSA) is 84.3 Å². The third kappa shape index (κ3) is 3.29. The molecule has 2 aliphatic heterocycles. The van der Waals surface area contributed by atoms with Gasteiger partial charge in [0.2, 0.25) is 15.9 Å². The van der Waals surface area contributed by atoms with Crippen molar-refractivity contribution in [2.24, 2.45) is 0 Å². The van der Waals surface area contributed by atoms with E-state index in [1.165, 1.54) is 0 Å². The lowest BCUT2D eigenvalue weighted by atomic mass is 10.00. The molecule has 2 aliphatic rings. The number of anilines is 1. The molecule has 0 bridgehead atoms. The first-order valence-electron chi connectivity index (χ1n) is 9.51. The zero-order valence-electron chi connectivity index (χ0n) is 15.6. The number of hydrogen-bond donors (Lipinski definition) is 1. The van der Waals surface area contributed by atoms with Crippen molar-refractivity contribution in [2.75, 3.05) is 18.0 Å². The number of nitrogens with one attached hydrogen (secondary N) is 1. The van der Waals surface area contributed by atoms with Gasteiger partial charge in [-0.3, -0.25) is 9.48 Å². The number of rotatable bonds is 6. The highest BCUT2D eigenvalue weighted by atomic mass is 32.2. The summed E-state index contributed by atoms with van der Waals surface area (Å²) in [5.74, 6) is 0.128. The first kappa shape index (κ1) is 18.5. The lowest BCUT2D eigenvalue weighted by Gasteiger charge is -2.26. The number of amides is 1. The Hall–Kier alpha value is -2.49. The molecule has 150 valence electrons. The second-order valence-electron chi connectivity index (χ2n) is 7.25. The zero-order valence-corrected chi connectivity index (χ0v) is 17.2. The van der Waals surface area contributed by atoms with Crippen molar-refractivity contribution in [1.82, 2.24) is 14.5 Å². The molecule has 1 aromatic carbocycles. The van der Waals surface area contributed by atoms with E-state index < -0.39 is 10.0 Å². The number of benzene rings is 1. The van der Waals surface area contributed by atoms with Crippen LogP contribution in [0.4, 0.5) is 5.69 Å². The van der Waals surface area contributed by atoms with Crippen LogP contribution in [0.1, 0.15) is 28.5 Å². The Balaban J connectivity index is 1.43. The molecular formula is C20H20N4O3S2. The summed E-state index contributed by atoms with van der Waals surface area (Å²) in [6, 6.07) is 8.99. The fourth-order valence-electron chi connectivity index (χ4n) is 4.12. The number of carbonyl (C=O) groups is 1. The zero-order chi connectivity index (χ0) is 20.0. The largest absolute Gasteiger partial charge is 0.312 e. The first-order chi connectivity index (χ1) is 14.0. The maximum absolute atomic E-state index is 13.1. The molecule has 0 saturated heterocycles. The van der Waals surface area contributed by atoms with E-state index in [1.807, 2.05) is 29.8 Å². The average molecular weight is 429 g/mol. The van der Waals surface area contributed by atoms with Gasteiger partial charge in [-0.25, -0.2) is 13.1 Å². The van der Waals surface area contributed by atoms with Gasteiger partial charge in [0.1, 0.15) is 0 Å². The summed E-state index contributed by atoms with van der Waals surface area (Å²) in [6.45, 7) is 0.847. The van der Waals surface area contributed by atoms with Crippen molar-refractivity contribution in [3.05, 3.63) is 64.1 Å². The summed E-state index contributed by atoms with van der Waals surface area (Å²) in [7, 11) is -3.69. The van der Waals surface area contributed by atoms with E-state index in [-0.39, 0.29) is 23.4 Å². The van der Waals surface area contributed by atoms with Crippen LogP contribution >= 0.6 is 11.3 Å². The van der Waals surface area contributed by atoms with E-state index in [0.717, 1.165) is 21.7 Å². The highest BCUT2D eigenvalue weighted by molar-refractivity contribution is 7.89. The van der Waals surface area contributed by atoms with Crippen LogP contribution in [-0.2, 0) is 27.7 Å². The maximum atomic E-state index is 13.1. The van der Waals surface area contributed by atoms with Crippen LogP contribution in [0.15, 0.2) is 53.0 Å². The third-order valence-electron chi connectivity index (χ3n) is 5.52. The summed E-state index contributed by atoms with van der Waals surface area (Å²) in [5.41, 5.74) is 2.81. The van der Waals surface area contributed by atoms with Gasteiger partial charge < -0.3 is 4.90 Å². The van der Waals surface area contributed by atoms with E-state index in [4.69, 9.17) is 0 Å². The molecule has 29 heavy (non-hydrogen) atoms. The van der Waals surface area contributed by atoms with Gasteiger partial charge in [-0.05, 0) is 53.6 Å². The van der Waals surface area contributed by atoms with Gasteiger partial charge in [0.25, 0.3) is 0 Å². The van der Waals surface area contributed by atoms with E-state index in [2.05, 4.69) is 9.82 Å². The molecule has 1 atom stereocenters. The Bertz CT molecular complexity index is 1120. The molecule has 0 fully saturated rings. The van der Waals surface area contributed by atoms with Crippen LogP contribution < -0.4 is 9.62 Å². The molecule has 9 heteroatoms. The Morgan fingerprint density at radius 2 is 2.00 bits per heavy atom. The number of aromatic nitrogens is 2. The standard InChI is InChI=1S/C20H20N4O3S2/c25-19-5-4-14-11-16(12-15-6-9-23(19)20(14)15)29(26,27)22-13-17(18-3-1-10-28-18)24-8-2-7-21-24/h1-3,7-8,10-12,17,22H,4-6,9,13H2. The van der Waals surface area contributed by atoms with Gasteiger partial charge in [-0.15, -0.1) is 11.3 Å². The minimum absolute atomic E-state index is 0.128. The van der Waals surface area contributed by atoms with Crippen LogP contribution in [0, 0.1) is 0 Å². The number of aryl methyl sites for hydroxylation is 1. The van der Waals surface area contributed by atoms with E-state index in [0.29, 0.717) is 25.8 Å². The molecule has 2 aromatic heterocycles. The van der Waals surface area contributed by atoms with Crippen LogP contribution in [0.3, 0.4) is 0 Å². The second-order valence-corrected chi connectivity index (χ2v) is 10.0. The van der Waals surface area contributed by atoms with Gasteiger partial charge in [0.15, 0.2) is 0 Å². The van der Waals surface area contributed by atoms with Gasteiger partial charge >= 0.3 is 0 Å². The molecular weight excluding hydrogens is 408 g/mol. The SMILES string of the molecule is O=C1CCc2cc(S(=O)(=O)NCC(c3cccs3)n3cccn3)cc3c2N1CC3. The number of thiophene rings is 1. The van der Waals surface area contributed by atoms with E-state index >= 15 is 0 Å². The Morgan fingerprint density at radius 3 is 2.72 bits per heavy atom. The molecule has 1 N–H and O–H groups in total. The number of nitrogens with zero attached hydrogens (tertiary/aromatic N) is 3. The average Bonchev–Trinajstić information content (AvgIpc) is 3.46.